The fourth-order valence-corrected chi connectivity index (χ4v) is 8.96. The predicted octanol–water partition coefficient (Wildman–Crippen LogP) is 10.7. The highest BCUT2D eigenvalue weighted by molar-refractivity contribution is 7.26. The third-order valence-corrected chi connectivity index (χ3v) is 11.3. The first-order valence-corrected chi connectivity index (χ1v) is 17.7. The van der Waals surface area contributed by atoms with E-state index in [9.17, 15) is 0 Å². The maximum Gasteiger partial charge on any atom is 0.260 e. The summed E-state index contributed by atoms with van der Waals surface area (Å²) in [6, 6.07) is 50.3. The van der Waals surface area contributed by atoms with Gasteiger partial charge in [-0.25, -0.2) is 0 Å². The molecule has 0 saturated heterocycles. The summed E-state index contributed by atoms with van der Waals surface area (Å²) in [6.45, 7) is 6.84. The monoisotopic (exact) mass is 649 g/mol. The van der Waals surface area contributed by atoms with Crippen molar-refractivity contribution in [2.75, 3.05) is 4.90 Å². The first-order chi connectivity index (χ1) is 23.9. The molecular weight excluding hydrogens is 617 g/mol. The molecule has 0 bridgehead atoms. The molecule has 1 aromatic heterocycles. The lowest BCUT2D eigenvalue weighted by Crippen LogP contribution is -2.57. The van der Waals surface area contributed by atoms with Crippen LogP contribution in [0.4, 0.5) is 17.1 Å². The Morgan fingerprint density at radius 2 is 1.20 bits per heavy atom. The quantitative estimate of drug-likeness (QED) is 0.178. The van der Waals surface area contributed by atoms with Gasteiger partial charge in [0.05, 0.1) is 0 Å². The van der Waals surface area contributed by atoms with Gasteiger partial charge in [0.25, 0.3) is 6.71 Å². The summed E-state index contributed by atoms with van der Waals surface area (Å²) in [4.78, 5) is 2.35. The molecule has 8 aromatic rings. The van der Waals surface area contributed by atoms with Crippen molar-refractivity contribution < 1.29 is 9.47 Å². The molecule has 234 valence electrons. The van der Waals surface area contributed by atoms with E-state index in [1.807, 2.05) is 29.5 Å². The van der Waals surface area contributed by atoms with Gasteiger partial charge < -0.3 is 14.4 Å². The zero-order valence-electron chi connectivity index (χ0n) is 27.5. The SMILES string of the molecule is CC(C)(C)c1ccc(N(c2ccccc2)c2ccc3c(ccc4c5cc6c(cc5sc34)B3c4ccccc4Oc4cccc(c43)O6)c2)cc1. The van der Waals surface area contributed by atoms with Crippen LogP contribution in [-0.2, 0) is 5.41 Å². The highest BCUT2D eigenvalue weighted by atomic mass is 32.1. The molecule has 5 heteroatoms. The molecule has 0 saturated carbocycles. The number of hydrogen-bond acceptors (Lipinski definition) is 4. The highest BCUT2D eigenvalue weighted by Crippen LogP contribution is 2.44. The maximum absolute atomic E-state index is 6.62. The van der Waals surface area contributed by atoms with Crippen molar-refractivity contribution >= 4 is 82.4 Å². The Morgan fingerprint density at radius 1 is 0.531 bits per heavy atom. The Hall–Kier alpha value is -5.52. The summed E-state index contributed by atoms with van der Waals surface area (Å²) < 4.78 is 15.5. The average molecular weight is 650 g/mol. The van der Waals surface area contributed by atoms with Gasteiger partial charge >= 0.3 is 0 Å². The summed E-state index contributed by atoms with van der Waals surface area (Å²) in [6.07, 6.45) is 0. The normalized spacial score (nSPS) is 13.1. The predicted molar refractivity (Wildman–Crippen MR) is 208 cm³/mol. The molecule has 3 heterocycles. The maximum atomic E-state index is 6.62. The molecule has 0 fully saturated rings. The van der Waals surface area contributed by atoms with Crippen molar-refractivity contribution in [1.82, 2.24) is 0 Å². The number of nitrogens with zero attached hydrogens (tertiary/aromatic N) is 1. The number of hydrogen-bond donors (Lipinski definition) is 0. The molecule has 49 heavy (non-hydrogen) atoms. The van der Waals surface area contributed by atoms with Gasteiger partial charge in [-0.3, -0.25) is 0 Å². The summed E-state index contributed by atoms with van der Waals surface area (Å²) in [7, 11) is 0. The molecule has 0 unspecified atom stereocenters. The number of fused-ring (bicyclic) bond motifs is 9. The summed E-state index contributed by atoms with van der Waals surface area (Å²) in [5, 5.41) is 4.98. The van der Waals surface area contributed by atoms with Gasteiger partial charge in [0.15, 0.2) is 0 Å². The van der Waals surface area contributed by atoms with E-state index in [0.717, 1.165) is 45.5 Å². The highest BCUT2D eigenvalue weighted by Gasteiger charge is 2.40. The van der Waals surface area contributed by atoms with E-state index in [-0.39, 0.29) is 12.1 Å². The van der Waals surface area contributed by atoms with E-state index in [0.29, 0.717) is 0 Å². The minimum Gasteiger partial charge on any atom is -0.458 e. The molecule has 3 nitrogen and oxygen atoms in total. The lowest BCUT2D eigenvalue weighted by atomic mass is 9.35. The Balaban J connectivity index is 1.11. The number of para-hydroxylation sites is 2. The van der Waals surface area contributed by atoms with Gasteiger partial charge in [0, 0.05) is 42.7 Å². The van der Waals surface area contributed by atoms with Crippen molar-refractivity contribution in [1.29, 1.82) is 0 Å². The number of benzene rings is 7. The Bertz CT molecular complexity index is 2600. The lowest BCUT2D eigenvalue weighted by molar-refractivity contribution is 0.465. The number of thiophene rings is 1. The van der Waals surface area contributed by atoms with Crippen LogP contribution < -0.4 is 30.8 Å². The molecule has 2 aliphatic rings. The number of anilines is 3. The van der Waals surface area contributed by atoms with E-state index in [2.05, 4.69) is 147 Å². The molecule has 0 aliphatic carbocycles. The van der Waals surface area contributed by atoms with E-state index in [1.165, 1.54) is 47.4 Å². The van der Waals surface area contributed by atoms with Gasteiger partial charge in [-0.15, -0.1) is 11.3 Å². The molecule has 10 rings (SSSR count). The van der Waals surface area contributed by atoms with Gasteiger partial charge in [0.2, 0.25) is 0 Å². The largest absolute Gasteiger partial charge is 0.458 e. The van der Waals surface area contributed by atoms with Crippen molar-refractivity contribution in [3.8, 4) is 23.0 Å². The number of rotatable bonds is 3. The van der Waals surface area contributed by atoms with Crippen molar-refractivity contribution in [2.24, 2.45) is 0 Å². The molecule has 0 spiro atoms. The second kappa shape index (κ2) is 10.5. The fourth-order valence-electron chi connectivity index (χ4n) is 7.69. The summed E-state index contributed by atoms with van der Waals surface area (Å²) in [5.74, 6) is 3.58. The first kappa shape index (κ1) is 28.5. The summed E-state index contributed by atoms with van der Waals surface area (Å²) >= 11 is 1.87. The van der Waals surface area contributed by atoms with Gasteiger partial charge in [-0.1, -0.05) is 93.6 Å². The zero-order valence-corrected chi connectivity index (χ0v) is 28.3. The van der Waals surface area contributed by atoms with Crippen molar-refractivity contribution in [3.05, 3.63) is 145 Å². The van der Waals surface area contributed by atoms with Crippen LogP contribution in [0.3, 0.4) is 0 Å². The van der Waals surface area contributed by atoms with Crippen molar-refractivity contribution in [2.45, 2.75) is 26.2 Å². The molecule has 0 N–H and O–H groups in total. The van der Waals surface area contributed by atoms with Gasteiger partial charge in [-0.05, 0) is 99.4 Å². The van der Waals surface area contributed by atoms with E-state index < -0.39 is 0 Å². The third kappa shape index (κ3) is 4.42. The minimum absolute atomic E-state index is 0.0650. The van der Waals surface area contributed by atoms with Crippen LogP contribution in [0, 0.1) is 0 Å². The molecule has 2 aliphatic heterocycles. The van der Waals surface area contributed by atoms with Crippen LogP contribution in [0.15, 0.2) is 140 Å². The number of ether oxygens (including phenoxy) is 2. The van der Waals surface area contributed by atoms with E-state index >= 15 is 0 Å². The van der Waals surface area contributed by atoms with Gasteiger partial charge in [-0.2, -0.15) is 0 Å². The van der Waals surface area contributed by atoms with Gasteiger partial charge in [0.1, 0.15) is 23.0 Å². The van der Waals surface area contributed by atoms with Crippen LogP contribution in [0.2, 0.25) is 0 Å². The average Bonchev–Trinajstić information content (AvgIpc) is 3.49. The standard InChI is InChI=1S/C44H32BNO2S/c1-44(2,3)28-17-19-30(20-18-28)46(29-10-5-4-6-11-29)31-21-23-32-27(24-31)16-22-33-34-25-40-36(26-41(34)49-43(32)33)45-35-12-7-8-13-37(35)47-38-14-9-15-39(48-40)42(38)45/h4-26H,1-3H3. The molecule has 0 atom stereocenters. The molecule has 0 radical (unpaired) electrons. The topological polar surface area (TPSA) is 21.7 Å². The second-order valence-corrected chi connectivity index (χ2v) is 15.2. The Kier molecular flexibility index (Phi) is 6.10. The molecule has 0 amide bonds. The van der Waals surface area contributed by atoms with Crippen LogP contribution in [0.25, 0.3) is 30.9 Å². The third-order valence-electron chi connectivity index (χ3n) is 10.1. The Labute approximate surface area is 290 Å². The smallest absolute Gasteiger partial charge is 0.260 e. The van der Waals surface area contributed by atoms with Crippen LogP contribution in [0.1, 0.15) is 26.3 Å². The van der Waals surface area contributed by atoms with Crippen LogP contribution in [0.5, 0.6) is 23.0 Å². The zero-order chi connectivity index (χ0) is 32.9. The first-order valence-electron chi connectivity index (χ1n) is 16.9. The van der Waals surface area contributed by atoms with E-state index in [1.54, 1.807) is 0 Å². The molecule has 7 aromatic carbocycles. The van der Waals surface area contributed by atoms with Crippen molar-refractivity contribution in [3.63, 3.8) is 0 Å². The summed E-state index contributed by atoms with van der Waals surface area (Å²) in [5.41, 5.74) is 8.33. The Morgan fingerprint density at radius 3 is 2.00 bits per heavy atom. The minimum atomic E-state index is 0.0650. The lowest BCUT2D eigenvalue weighted by Gasteiger charge is -2.32. The van der Waals surface area contributed by atoms with Crippen LogP contribution in [-0.4, -0.2) is 6.71 Å². The van der Waals surface area contributed by atoms with Crippen LogP contribution >= 0.6 is 11.3 Å². The molecular formula is C44H32BNO2S. The van der Waals surface area contributed by atoms with E-state index in [4.69, 9.17) is 9.47 Å². The fraction of sp³-hybridized carbons (Fsp3) is 0.0909. The second-order valence-electron chi connectivity index (χ2n) is 14.1.